The van der Waals surface area contributed by atoms with E-state index in [9.17, 15) is 0 Å². The lowest BCUT2D eigenvalue weighted by atomic mass is 9.90. The fourth-order valence-corrected chi connectivity index (χ4v) is 4.76. The fraction of sp³-hybridized carbons (Fsp3) is 0.700. The van der Waals surface area contributed by atoms with E-state index in [0.717, 1.165) is 23.7 Å². The fourth-order valence-electron chi connectivity index (χ4n) is 4.76. The molecule has 0 nitrogen and oxygen atoms in total. The van der Waals surface area contributed by atoms with Crippen molar-refractivity contribution in [3.8, 4) is 0 Å². The molecule has 0 aliphatic heterocycles. The molecular weight excluding hydrogens is 240 g/mol. The summed E-state index contributed by atoms with van der Waals surface area (Å²) in [6.45, 7) is 4.65. The molecule has 3 unspecified atom stereocenters. The lowest BCUT2D eigenvalue weighted by molar-refractivity contribution is 0.363. The Morgan fingerprint density at radius 3 is 2.45 bits per heavy atom. The molecule has 1 aromatic rings. The Morgan fingerprint density at radius 1 is 0.950 bits per heavy atom. The van der Waals surface area contributed by atoms with E-state index in [0.29, 0.717) is 0 Å². The van der Waals surface area contributed by atoms with Crippen LogP contribution >= 0.6 is 0 Å². The highest BCUT2D eigenvalue weighted by atomic mass is 14.3. The van der Waals surface area contributed by atoms with E-state index in [-0.39, 0.29) is 0 Å². The summed E-state index contributed by atoms with van der Waals surface area (Å²) in [6.07, 6.45) is 11.8. The third-order valence-electron chi connectivity index (χ3n) is 5.73. The lowest BCUT2D eigenvalue weighted by Gasteiger charge is -2.16. The minimum Gasteiger partial charge on any atom is -0.0625 e. The number of rotatable bonds is 4. The smallest absolute Gasteiger partial charge is 0.0250 e. The van der Waals surface area contributed by atoms with Crippen LogP contribution in [0.2, 0.25) is 0 Å². The molecule has 20 heavy (non-hydrogen) atoms. The molecule has 0 spiro atoms. The highest BCUT2D eigenvalue weighted by Gasteiger charge is 2.29. The molecule has 0 heterocycles. The normalized spacial score (nSPS) is 33.7. The molecule has 3 rings (SSSR count). The second kappa shape index (κ2) is 6.33. The first-order valence-corrected chi connectivity index (χ1v) is 8.74. The van der Waals surface area contributed by atoms with Gasteiger partial charge in [-0.15, -0.1) is 0 Å². The molecule has 2 saturated carbocycles. The first-order chi connectivity index (χ1) is 9.69. The molecular formula is C20H30. The van der Waals surface area contributed by atoms with Crippen LogP contribution in [0.1, 0.15) is 63.0 Å². The number of benzene rings is 1. The Morgan fingerprint density at radius 2 is 1.70 bits per heavy atom. The van der Waals surface area contributed by atoms with Gasteiger partial charge in [-0.05, 0) is 68.3 Å². The summed E-state index contributed by atoms with van der Waals surface area (Å²) in [5.41, 5.74) is 2.97. The average molecular weight is 270 g/mol. The van der Waals surface area contributed by atoms with Gasteiger partial charge >= 0.3 is 0 Å². The molecule has 0 N–H and O–H groups in total. The predicted octanol–water partition coefficient (Wildman–Crippen LogP) is 5.78. The highest BCUT2D eigenvalue weighted by Crippen LogP contribution is 2.41. The summed E-state index contributed by atoms with van der Waals surface area (Å²) in [7, 11) is 0. The Kier molecular flexibility index (Phi) is 4.48. The summed E-state index contributed by atoms with van der Waals surface area (Å²) in [5.74, 6) is 4.07. The van der Waals surface area contributed by atoms with Gasteiger partial charge in [-0.1, -0.05) is 56.0 Å². The molecule has 2 aliphatic carbocycles. The van der Waals surface area contributed by atoms with E-state index in [1.165, 1.54) is 56.9 Å². The van der Waals surface area contributed by atoms with E-state index >= 15 is 0 Å². The van der Waals surface area contributed by atoms with Crippen LogP contribution in [0.25, 0.3) is 0 Å². The van der Waals surface area contributed by atoms with Crippen molar-refractivity contribution >= 4 is 0 Å². The third-order valence-corrected chi connectivity index (χ3v) is 5.73. The van der Waals surface area contributed by atoms with Crippen molar-refractivity contribution in [1.82, 2.24) is 0 Å². The molecule has 0 bridgehead atoms. The van der Waals surface area contributed by atoms with Gasteiger partial charge in [0.1, 0.15) is 0 Å². The van der Waals surface area contributed by atoms with Crippen molar-refractivity contribution in [1.29, 1.82) is 0 Å². The van der Waals surface area contributed by atoms with E-state index in [1.54, 1.807) is 5.56 Å². The molecule has 0 radical (unpaired) electrons. The van der Waals surface area contributed by atoms with Crippen molar-refractivity contribution in [3.05, 3.63) is 35.4 Å². The molecule has 110 valence electrons. The van der Waals surface area contributed by atoms with Crippen LogP contribution < -0.4 is 0 Å². The van der Waals surface area contributed by atoms with E-state index in [4.69, 9.17) is 0 Å². The zero-order valence-corrected chi connectivity index (χ0v) is 13.3. The summed E-state index contributed by atoms with van der Waals surface area (Å²) in [4.78, 5) is 0. The summed E-state index contributed by atoms with van der Waals surface area (Å²) in [6, 6.07) is 9.13. The second-order valence-corrected chi connectivity index (χ2v) is 7.76. The minimum absolute atomic E-state index is 0.959. The van der Waals surface area contributed by atoms with Gasteiger partial charge in [0.25, 0.3) is 0 Å². The zero-order chi connectivity index (χ0) is 13.9. The number of hydrogen-bond acceptors (Lipinski definition) is 0. The maximum absolute atomic E-state index is 2.44. The van der Waals surface area contributed by atoms with Crippen LogP contribution in [0.5, 0.6) is 0 Å². The Bertz CT molecular complexity index is 433. The number of aryl methyl sites for hydroxylation is 1. The molecule has 2 fully saturated rings. The minimum atomic E-state index is 0.959. The first kappa shape index (κ1) is 14.2. The SMILES string of the molecule is Cc1cccc(CC2CCC(CC3CC[C@H](C)C3)C2)c1. The number of hydrogen-bond donors (Lipinski definition) is 0. The second-order valence-electron chi connectivity index (χ2n) is 7.76. The van der Waals surface area contributed by atoms with Gasteiger partial charge in [0, 0.05) is 0 Å². The molecule has 2 aliphatic rings. The van der Waals surface area contributed by atoms with Crippen molar-refractivity contribution in [2.75, 3.05) is 0 Å². The molecule has 0 aromatic heterocycles. The van der Waals surface area contributed by atoms with Gasteiger partial charge < -0.3 is 0 Å². The summed E-state index contributed by atoms with van der Waals surface area (Å²) < 4.78 is 0. The maximum atomic E-state index is 2.44. The maximum Gasteiger partial charge on any atom is -0.0250 e. The quantitative estimate of drug-likeness (QED) is 0.650. The van der Waals surface area contributed by atoms with Crippen molar-refractivity contribution in [2.24, 2.45) is 23.7 Å². The van der Waals surface area contributed by atoms with Crippen LogP contribution in [0.15, 0.2) is 24.3 Å². The van der Waals surface area contributed by atoms with Crippen LogP contribution in [0.4, 0.5) is 0 Å². The Hall–Kier alpha value is -0.780. The third kappa shape index (κ3) is 3.65. The molecule has 1 aromatic carbocycles. The van der Waals surface area contributed by atoms with Crippen molar-refractivity contribution in [3.63, 3.8) is 0 Å². The van der Waals surface area contributed by atoms with Crippen LogP contribution in [-0.2, 0) is 6.42 Å². The van der Waals surface area contributed by atoms with E-state index in [2.05, 4.69) is 38.1 Å². The van der Waals surface area contributed by atoms with Crippen LogP contribution in [-0.4, -0.2) is 0 Å². The Labute approximate surface area is 125 Å². The van der Waals surface area contributed by atoms with Crippen molar-refractivity contribution in [2.45, 2.75) is 65.2 Å². The molecule has 4 atom stereocenters. The van der Waals surface area contributed by atoms with Gasteiger partial charge in [-0.2, -0.15) is 0 Å². The molecule has 0 amide bonds. The van der Waals surface area contributed by atoms with Crippen LogP contribution in [0, 0.1) is 30.6 Å². The van der Waals surface area contributed by atoms with Gasteiger partial charge in [0.2, 0.25) is 0 Å². The highest BCUT2D eigenvalue weighted by molar-refractivity contribution is 5.22. The first-order valence-electron chi connectivity index (χ1n) is 8.74. The lowest BCUT2D eigenvalue weighted by Crippen LogP contribution is -2.05. The Balaban J connectivity index is 1.47. The van der Waals surface area contributed by atoms with Crippen LogP contribution in [0.3, 0.4) is 0 Å². The molecule has 0 saturated heterocycles. The average Bonchev–Trinajstić information content (AvgIpc) is 3.00. The van der Waals surface area contributed by atoms with Gasteiger partial charge in [-0.3, -0.25) is 0 Å². The monoisotopic (exact) mass is 270 g/mol. The van der Waals surface area contributed by atoms with Crippen molar-refractivity contribution < 1.29 is 0 Å². The predicted molar refractivity (Wildman–Crippen MR) is 86.8 cm³/mol. The van der Waals surface area contributed by atoms with Gasteiger partial charge in [0.05, 0.1) is 0 Å². The summed E-state index contributed by atoms with van der Waals surface area (Å²) in [5, 5.41) is 0. The van der Waals surface area contributed by atoms with Gasteiger partial charge in [-0.25, -0.2) is 0 Å². The summed E-state index contributed by atoms with van der Waals surface area (Å²) >= 11 is 0. The van der Waals surface area contributed by atoms with E-state index in [1.807, 2.05) is 0 Å². The molecule has 0 heteroatoms. The van der Waals surface area contributed by atoms with E-state index < -0.39 is 0 Å². The topological polar surface area (TPSA) is 0 Å². The zero-order valence-electron chi connectivity index (χ0n) is 13.3. The van der Waals surface area contributed by atoms with Gasteiger partial charge in [0.15, 0.2) is 0 Å². The largest absolute Gasteiger partial charge is 0.0625 e. The standard InChI is InChI=1S/C20H30/c1-15-4-3-5-17(10-15)12-19-8-9-20(14-19)13-18-7-6-16(2)11-18/h3-5,10,16,18-20H,6-9,11-14H2,1-2H3/t16-,18?,19?,20?/m0/s1.